The summed E-state index contributed by atoms with van der Waals surface area (Å²) in [5.74, 6) is -0.0618. The monoisotopic (exact) mass is 513 g/mol. The van der Waals surface area contributed by atoms with Gasteiger partial charge in [0.2, 0.25) is 5.82 Å². The number of rotatable bonds is 6. The molecule has 8 nitrogen and oxygen atoms in total. The van der Waals surface area contributed by atoms with Crippen molar-refractivity contribution in [2.24, 2.45) is 0 Å². The van der Waals surface area contributed by atoms with Gasteiger partial charge >= 0.3 is 0 Å². The van der Waals surface area contributed by atoms with Gasteiger partial charge in [0, 0.05) is 21.6 Å². The Kier molecular flexibility index (Phi) is 5.95. The molecule has 0 fully saturated rings. The van der Waals surface area contributed by atoms with Crippen LogP contribution < -0.4 is 4.74 Å². The summed E-state index contributed by atoms with van der Waals surface area (Å²) in [4.78, 5) is 17.7. The Balaban J connectivity index is 1.62. The van der Waals surface area contributed by atoms with Gasteiger partial charge in [0.1, 0.15) is 16.6 Å². The summed E-state index contributed by atoms with van der Waals surface area (Å²) < 4.78 is 12.4. The Morgan fingerprint density at radius 2 is 1.97 bits per heavy atom. The Hall–Kier alpha value is -3.46. The van der Waals surface area contributed by atoms with Crippen LogP contribution >= 0.6 is 34.8 Å². The summed E-state index contributed by atoms with van der Waals surface area (Å²) in [6, 6.07) is 13.9. The first-order chi connectivity index (χ1) is 16.5. The first-order valence-electron chi connectivity index (χ1n) is 9.92. The van der Waals surface area contributed by atoms with Crippen molar-refractivity contribution in [3.63, 3.8) is 0 Å². The highest BCUT2D eigenvalue weighted by molar-refractivity contribution is 6.37. The molecule has 3 aromatic heterocycles. The zero-order valence-electron chi connectivity index (χ0n) is 17.5. The number of hydrogen-bond acceptors (Lipinski definition) is 7. The molecular weight excluding hydrogens is 501 g/mol. The topological polar surface area (TPSA) is 95.9 Å². The number of hydrogen-bond donors (Lipinski definition) is 0. The molecule has 0 aliphatic heterocycles. The normalized spacial score (nSPS) is 11.2. The van der Waals surface area contributed by atoms with E-state index in [1.54, 1.807) is 48.1 Å². The number of ketones is 1. The molecule has 5 aromatic rings. The molecule has 2 aromatic carbocycles. The van der Waals surface area contributed by atoms with E-state index in [0.29, 0.717) is 38.9 Å². The Morgan fingerprint density at radius 3 is 2.71 bits per heavy atom. The van der Waals surface area contributed by atoms with Crippen molar-refractivity contribution in [3.8, 4) is 17.3 Å². The summed E-state index contributed by atoms with van der Waals surface area (Å²) in [6.07, 6.45) is 1.52. The predicted octanol–water partition coefficient (Wildman–Crippen LogP) is 5.73. The maximum Gasteiger partial charge on any atom is 0.299 e. The van der Waals surface area contributed by atoms with Crippen LogP contribution in [0, 0.1) is 0 Å². The lowest BCUT2D eigenvalue weighted by Crippen LogP contribution is -2.04. The standard InChI is InChI=1S/C23H14Cl3N5O3/c1-33-14-6-7-18-15(10-14)19(21(26)31(18)11-12-4-5-13(24)9-16(12)25)20(32)23-28-22(30-34-23)17-3-2-8-27-29-17/h2-10H,11H2,1H3. The van der Waals surface area contributed by atoms with Gasteiger partial charge in [-0.1, -0.05) is 46.0 Å². The van der Waals surface area contributed by atoms with E-state index in [2.05, 4.69) is 20.3 Å². The molecule has 0 saturated carbocycles. The summed E-state index contributed by atoms with van der Waals surface area (Å²) in [6.45, 7) is 0.305. The van der Waals surface area contributed by atoms with E-state index >= 15 is 0 Å². The molecule has 0 atom stereocenters. The zero-order chi connectivity index (χ0) is 23.8. The highest BCUT2D eigenvalue weighted by Crippen LogP contribution is 2.36. The zero-order valence-corrected chi connectivity index (χ0v) is 19.8. The molecule has 0 N–H and O–H groups in total. The molecule has 0 saturated heterocycles. The highest BCUT2D eigenvalue weighted by atomic mass is 35.5. The van der Waals surface area contributed by atoms with E-state index in [4.69, 9.17) is 44.1 Å². The molecule has 34 heavy (non-hydrogen) atoms. The molecule has 170 valence electrons. The van der Waals surface area contributed by atoms with Gasteiger partial charge in [0.25, 0.3) is 11.7 Å². The molecule has 0 spiro atoms. The van der Waals surface area contributed by atoms with Crippen LogP contribution in [0.4, 0.5) is 0 Å². The SMILES string of the molecule is COc1ccc2c(c1)c(C(=O)c1nc(-c3cccnn3)no1)c(Cl)n2Cc1ccc(Cl)cc1Cl. The molecule has 0 bridgehead atoms. The van der Waals surface area contributed by atoms with Crippen LogP contribution in [0.2, 0.25) is 15.2 Å². The van der Waals surface area contributed by atoms with Crippen LogP contribution in [0.25, 0.3) is 22.4 Å². The van der Waals surface area contributed by atoms with Crippen molar-refractivity contribution >= 4 is 51.5 Å². The van der Waals surface area contributed by atoms with E-state index in [1.807, 2.05) is 12.1 Å². The van der Waals surface area contributed by atoms with Gasteiger partial charge in [0.15, 0.2) is 0 Å². The minimum Gasteiger partial charge on any atom is -0.497 e. The van der Waals surface area contributed by atoms with Crippen molar-refractivity contribution in [1.82, 2.24) is 24.9 Å². The van der Waals surface area contributed by atoms with Crippen molar-refractivity contribution in [3.05, 3.63) is 86.9 Å². The number of benzene rings is 2. The van der Waals surface area contributed by atoms with Crippen LogP contribution in [0.5, 0.6) is 5.75 Å². The van der Waals surface area contributed by atoms with Crippen molar-refractivity contribution in [2.45, 2.75) is 6.54 Å². The van der Waals surface area contributed by atoms with Crippen molar-refractivity contribution in [2.75, 3.05) is 7.11 Å². The third-order valence-electron chi connectivity index (χ3n) is 5.20. The van der Waals surface area contributed by atoms with Crippen LogP contribution in [0.1, 0.15) is 21.8 Å². The Labute approximate surface area is 208 Å². The number of ether oxygens (including phenoxy) is 1. The molecule has 11 heteroatoms. The number of nitrogens with zero attached hydrogens (tertiary/aromatic N) is 5. The minimum atomic E-state index is -0.535. The van der Waals surface area contributed by atoms with Gasteiger partial charge < -0.3 is 13.8 Å². The molecule has 5 rings (SSSR count). The van der Waals surface area contributed by atoms with Crippen LogP contribution in [-0.4, -0.2) is 37.8 Å². The molecule has 0 aliphatic rings. The van der Waals surface area contributed by atoms with Crippen LogP contribution in [0.15, 0.2) is 59.3 Å². The first-order valence-corrected chi connectivity index (χ1v) is 11.1. The van der Waals surface area contributed by atoms with Gasteiger partial charge in [0.05, 0.1) is 24.7 Å². The molecular formula is C23H14Cl3N5O3. The second-order valence-corrected chi connectivity index (χ2v) is 8.43. The summed E-state index contributed by atoms with van der Waals surface area (Å²) in [7, 11) is 1.54. The quantitative estimate of drug-likeness (QED) is 0.267. The lowest BCUT2D eigenvalue weighted by atomic mass is 10.1. The molecule has 0 amide bonds. The second kappa shape index (κ2) is 9.06. The number of methoxy groups -OCH3 is 1. The highest BCUT2D eigenvalue weighted by Gasteiger charge is 2.28. The van der Waals surface area contributed by atoms with Crippen molar-refractivity contribution in [1.29, 1.82) is 0 Å². The number of carbonyl (C=O) groups excluding carboxylic acids is 1. The fourth-order valence-electron chi connectivity index (χ4n) is 3.57. The van der Waals surface area contributed by atoms with Crippen LogP contribution in [0.3, 0.4) is 0 Å². The average Bonchev–Trinajstić information content (AvgIpc) is 3.44. The Morgan fingerprint density at radius 1 is 1.12 bits per heavy atom. The number of carbonyl (C=O) groups is 1. The maximum atomic E-state index is 13.5. The maximum absolute atomic E-state index is 13.5. The van der Waals surface area contributed by atoms with Gasteiger partial charge in [-0.2, -0.15) is 10.1 Å². The lowest BCUT2D eigenvalue weighted by molar-refractivity contribution is 0.0995. The number of fused-ring (bicyclic) bond motifs is 1. The van der Waals surface area contributed by atoms with Crippen molar-refractivity contribution < 1.29 is 14.1 Å². The van der Waals surface area contributed by atoms with Gasteiger partial charge in [-0.15, -0.1) is 5.10 Å². The minimum absolute atomic E-state index is 0.141. The van der Waals surface area contributed by atoms with Gasteiger partial charge in [-0.3, -0.25) is 4.79 Å². The first kappa shape index (κ1) is 22.3. The summed E-state index contributed by atoms with van der Waals surface area (Å²) >= 11 is 19.2. The number of halogens is 3. The summed E-state index contributed by atoms with van der Waals surface area (Å²) in [5.41, 5.74) is 2.06. The molecule has 0 unspecified atom stereocenters. The van der Waals surface area contributed by atoms with Gasteiger partial charge in [-0.05, 0) is 48.0 Å². The molecule has 0 aliphatic carbocycles. The molecule has 0 radical (unpaired) electrons. The fourth-order valence-corrected chi connectivity index (χ4v) is 4.37. The lowest BCUT2D eigenvalue weighted by Gasteiger charge is -2.10. The number of aromatic nitrogens is 5. The Bertz CT molecular complexity index is 1530. The van der Waals surface area contributed by atoms with E-state index in [9.17, 15) is 4.79 Å². The fraction of sp³-hybridized carbons (Fsp3) is 0.0870. The molecule has 3 heterocycles. The third kappa shape index (κ3) is 4.00. The van der Waals surface area contributed by atoms with E-state index in [0.717, 1.165) is 5.56 Å². The van der Waals surface area contributed by atoms with E-state index in [1.165, 1.54) is 6.20 Å². The van der Waals surface area contributed by atoms with E-state index < -0.39 is 5.78 Å². The smallest absolute Gasteiger partial charge is 0.299 e. The average molecular weight is 515 g/mol. The second-order valence-electron chi connectivity index (χ2n) is 7.23. The predicted molar refractivity (Wildman–Crippen MR) is 128 cm³/mol. The largest absolute Gasteiger partial charge is 0.497 e. The van der Waals surface area contributed by atoms with Crippen LogP contribution in [-0.2, 0) is 6.54 Å². The third-order valence-corrected chi connectivity index (χ3v) is 6.18. The summed E-state index contributed by atoms with van der Waals surface area (Å²) in [5, 5.41) is 13.3. The van der Waals surface area contributed by atoms with Gasteiger partial charge in [-0.25, -0.2) is 0 Å². The van der Waals surface area contributed by atoms with E-state index in [-0.39, 0.29) is 22.4 Å².